The summed E-state index contributed by atoms with van der Waals surface area (Å²) >= 11 is 0. The number of likely N-dealkylation sites (tertiary alicyclic amines) is 1. The molecule has 2 aromatic carbocycles. The molecule has 4 rings (SSSR count). The van der Waals surface area contributed by atoms with Gasteiger partial charge in [-0.05, 0) is 122 Å². The molecule has 0 bridgehead atoms. The van der Waals surface area contributed by atoms with Crippen LogP contribution in [0.1, 0.15) is 92.0 Å². The average Bonchev–Trinajstić information content (AvgIpc) is 3.15. The molecule has 13 heteroatoms. The van der Waals surface area contributed by atoms with Gasteiger partial charge in [-0.1, -0.05) is 18.2 Å². The molecular weight excluding hydrogens is 700 g/mol. The minimum absolute atomic E-state index is 0.235. The van der Waals surface area contributed by atoms with Gasteiger partial charge >= 0.3 is 6.09 Å². The van der Waals surface area contributed by atoms with E-state index in [1.165, 1.54) is 11.1 Å². The molecule has 2 heterocycles. The fourth-order valence-corrected chi connectivity index (χ4v) is 6.16. The van der Waals surface area contributed by atoms with E-state index in [4.69, 9.17) is 14.2 Å². The highest BCUT2D eigenvalue weighted by Crippen LogP contribution is 2.30. The van der Waals surface area contributed by atoms with Gasteiger partial charge in [-0.25, -0.2) is 9.78 Å². The number of para-hydroxylation sites is 1. The maximum absolute atomic E-state index is 13.5. The van der Waals surface area contributed by atoms with Crippen molar-refractivity contribution in [2.75, 3.05) is 64.2 Å². The zero-order valence-electron chi connectivity index (χ0n) is 33.5. The Morgan fingerprint density at radius 2 is 1.58 bits per heavy atom. The highest BCUT2D eigenvalue weighted by molar-refractivity contribution is 6.07. The van der Waals surface area contributed by atoms with Crippen LogP contribution in [0, 0.1) is 6.92 Å². The van der Waals surface area contributed by atoms with E-state index < -0.39 is 17.6 Å². The predicted octanol–water partition coefficient (Wildman–Crippen LogP) is 6.70. The van der Waals surface area contributed by atoms with Crippen molar-refractivity contribution in [2.24, 2.45) is 0 Å². The van der Waals surface area contributed by atoms with Gasteiger partial charge in [-0.3, -0.25) is 14.4 Å². The van der Waals surface area contributed by atoms with Crippen LogP contribution in [0.3, 0.4) is 0 Å². The molecule has 13 nitrogen and oxygen atoms in total. The third-order valence-corrected chi connectivity index (χ3v) is 9.25. The quantitative estimate of drug-likeness (QED) is 0.144. The number of piperidine rings is 1. The Hall–Kier alpha value is -5.17. The molecule has 298 valence electrons. The Balaban J connectivity index is 1.24. The Morgan fingerprint density at radius 3 is 2.27 bits per heavy atom. The summed E-state index contributed by atoms with van der Waals surface area (Å²) < 4.78 is 17.2. The number of alkyl carbamates (subject to hydrolysis) is 1. The number of aromatic nitrogens is 1. The number of carbonyl (C=O) groups is 4. The highest BCUT2D eigenvalue weighted by atomic mass is 16.6. The molecule has 0 aliphatic carbocycles. The summed E-state index contributed by atoms with van der Waals surface area (Å²) in [6.07, 6.45) is 6.52. The fourth-order valence-electron chi connectivity index (χ4n) is 6.16. The van der Waals surface area contributed by atoms with Gasteiger partial charge in [0.1, 0.15) is 22.9 Å². The monoisotopic (exact) mass is 758 g/mol. The van der Waals surface area contributed by atoms with Gasteiger partial charge in [0.2, 0.25) is 5.91 Å². The lowest BCUT2D eigenvalue weighted by Crippen LogP contribution is -2.44. The van der Waals surface area contributed by atoms with Gasteiger partial charge in [-0.15, -0.1) is 0 Å². The van der Waals surface area contributed by atoms with E-state index in [1.807, 2.05) is 30.0 Å². The zero-order valence-corrected chi connectivity index (χ0v) is 33.5. The molecule has 1 aliphatic heterocycles. The Morgan fingerprint density at radius 1 is 0.873 bits per heavy atom. The smallest absolute Gasteiger partial charge is 0.407 e. The number of anilines is 2. The second kappa shape index (κ2) is 20.5. The van der Waals surface area contributed by atoms with Crippen molar-refractivity contribution < 1.29 is 33.4 Å². The van der Waals surface area contributed by atoms with Crippen LogP contribution in [0.15, 0.2) is 60.8 Å². The first kappa shape index (κ1) is 42.6. The van der Waals surface area contributed by atoms with Crippen LogP contribution in [0.5, 0.6) is 11.5 Å². The molecule has 1 aromatic heterocycles. The minimum Gasteiger partial charge on any atom is -0.493 e. The summed E-state index contributed by atoms with van der Waals surface area (Å²) in [5.41, 5.74) is 1.71. The molecule has 55 heavy (non-hydrogen) atoms. The van der Waals surface area contributed by atoms with Crippen LogP contribution >= 0.6 is 0 Å². The van der Waals surface area contributed by atoms with E-state index in [2.05, 4.69) is 34.6 Å². The van der Waals surface area contributed by atoms with Crippen LogP contribution in [0.4, 0.5) is 16.3 Å². The van der Waals surface area contributed by atoms with Crippen molar-refractivity contribution in [3.8, 4) is 11.5 Å². The molecule has 3 aromatic rings. The molecule has 0 radical (unpaired) electrons. The Labute approximate surface area is 325 Å². The number of amides is 4. The highest BCUT2D eigenvalue weighted by Gasteiger charge is 2.24. The second-order valence-corrected chi connectivity index (χ2v) is 15.1. The number of rotatable bonds is 17. The molecule has 2 N–H and O–H groups in total. The maximum Gasteiger partial charge on any atom is 0.407 e. The first-order chi connectivity index (χ1) is 26.2. The van der Waals surface area contributed by atoms with Crippen molar-refractivity contribution in [2.45, 2.75) is 84.3 Å². The SMILES string of the molecule is Cc1ccc(N(C)C(=O)c2ccc(NC(=O)c3ccccc3OCCCNC(=O)OC(C)(C)C)nc2)c(OCCCCCC(=O)N2CCC(N(C)C)CC2)c1. The summed E-state index contributed by atoms with van der Waals surface area (Å²) in [6, 6.07) is 16.3. The van der Waals surface area contributed by atoms with Gasteiger partial charge in [0.15, 0.2) is 0 Å². The number of benzene rings is 2. The summed E-state index contributed by atoms with van der Waals surface area (Å²) in [4.78, 5) is 61.4. The molecule has 4 amide bonds. The van der Waals surface area contributed by atoms with Crippen molar-refractivity contribution >= 4 is 35.3 Å². The lowest BCUT2D eigenvalue weighted by Gasteiger charge is -2.35. The van der Waals surface area contributed by atoms with E-state index in [0.717, 1.165) is 50.8 Å². The predicted molar refractivity (Wildman–Crippen MR) is 214 cm³/mol. The molecular formula is C42H58N6O7. The first-order valence-electron chi connectivity index (χ1n) is 19.1. The molecule has 0 atom stereocenters. The van der Waals surface area contributed by atoms with Gasteiger partial charge < -0.3 is 39.5 Å². The number of aryl methyl sites for hydroxylation is 1. The van der Waals surface area contributed by atoms with Crippen LogP contribution in [0.2, 0.25) is 0 Å². The largest absolute Gasteiger partial charge is 0.493 e. The number of ether oxygens (including phenoxy) is 3. The summed E-state index contributed by atoms with van der Waals surface area (Å²) in [5, 5.41) is 5.46. The van der Waals surface area contributed by atoms with E-state index in [-0.39, 0.29) is 24.2 Å². The molecule has 0 unspecified atom stereocenters. The number of pyridine rings is 1. The van der Waals surface area contributed by atoms with Gasteiger partial charge in [0.05, 0.1) is 30.0 Å². The Bertz CT molecular complexity index is 1730. The normalized spacial score (nSPS) is 13.3. The number of hydrogen-bond acceptors (Lipinski definition) is 9. The van der Waals surface area contributed by atoms with Crippen molar-refractivity contribution in [3.05, 3.63) is 77.5 Å². The first-order valence-corrected chi connectivity index (χ1v) is 19.1. The zero-order chi connectivity index (χ0) is 40.0. The molecule has 0 spiro atoms. The minimum atomic E-state index is -0.579. The topological polar surface area (TPSA) is 143 Å². The summed E-state index contributed by atoms with van der Waals surface area (Å²) in [7, 11) is 5.88. The number of hydrogen-bond donors (Lipinski definition) is 2. The summed E-state index contributed by atoms with van der Waals surface area (Å²) in [6.45, 7) is 10.1. The average molecular weight is 759 g/mol. The van der Waals surface area contributed by atoms with Crippen LogP contribution in [-0.4, -0.2) is 104 Å². The number of unbranched alkanes of at least 4 members (excludes halogenated alkanes) is 2. The van der Waals surface area contributed by atoms with Crippen LogP contribution in [-0.2, 0) is 9.53 Å². The summed E-state index contributed by atoms with van der Waals surface area (Å²) in [5.74, 6) is 0.803. The van der Waals surface area contributed by atoms with Crippen molar-refractivity contribution in [3.63, 3.8) is 0 Å². The maximum atomic E-state index is 13.5. The van der Waals surface area contributed by atoms with E-state index in [1.54, 1.807) is 64.2 Å². The standard InChI is InChI=1S/C42H58N6O7/c1-30-17-19-34(36(28-30)54-26-12-8-9-16-38(49)48-24-21-32(22-25-48)46(5)6)47(7)40(51)31-18-20-37(44-29-31)45-39(50)33-14-10-11-15-35(33)53-27-13-23-43-41(52)55-42(2,3)4/h10-11,14-15,17-20,28-29,32H,8-9,12-13,16,21-27H2,1-7H3,(H,43,52)(H,44,45,50). The van der Waals surface area contributed by atoms with E-state index >= 15 is 0 Å². The van der Waals surface area contributed by atoms with E-state index in [0.29, 0.717) is 60.3 Å². The van der Waals surface area contributed by atoms with Gasteiger partial charge in [0, 0.05) is 45.3 Å². The number of carbonyl (C=O) groups excluding carboxylic acids is 4. The molecule has 1 aliphatic rings. The van der Waals surface area contributed by atoms with Gasteiger partial charge in [0.25, 0.3) is 11.8 Å². The third-order valence-electron chi connectivity index (χ3n) is 9.25. The van der Waals surface area contributed by atoms with E-state index in [9.17, 15) is 19.2 Å². The number of nitrogens with zero attached hydrogens (tertiary/aromatic N) is 4. The third kappa shape index (κ3) is 13.6. The lowest BCUT2D eigenvalue weighted by atomic mass is 10.0. The van der Waals surface area contributed by atoms with Gasteiger partial charge in [-0.2, -0.15) is 0 Å². The van der Waals surface area contributed by atoms with Crippen LogP contribution in [0.25, 0.3) is 0 Å². The molecule has 1 fully saturated rings. The molecule has 1 saturated heterocycles. The molecule has 0 saturated carbocycles. The van der Waals surface area contributed by atoms with Crippen molar-refractivity contribution in [1.29, 1.82) is 0 Å². The lowest BCUT2D eigenvalue weighted by molar-refractivity contribution is -0.132. The van der Waals surface area contributed by atoms with Crippen LogP contribution < -0.4 is 25.0 Å². The second-order valence-electron chi connectivity index (χ2n) is 15.1. The number of nitrogens with one attached hydrogen (secondary N) is 2. The Kier molecular flexibility index (Phi) is 15.9. The van der Waals surface area contributed by atoms with Crippen molar-refractivity contribution in [1.82, 2.24) is 20.1 Å². The fraction of sp³-hybridized carbons (Fsp3) is 0.500.